The van der Waals surface area contributed by atoms with Crippen LogP contribution in [0.1, 0.15) is 24.2 Å². The molecule has 0 aromatic heterocycles. The molecule has 0 atom stereocenters. The average Bonchev–Trinajstić information content (AvgIpc) is 2.20. The van der Waals surface area contributed by atoms with Gasteiger partial charge in [-0.2, -0.15) is 0 Å². The Bertz CT molecular complexity index is 280. The van der Waals surface area contributed by atoms with E-state index in [9.17, 15) is 9.90 Å². The zero-order valence-corrected chi connectivity index (χ0v) is 9.06. The highest BCUT2D eigenvalue weighted by molar-refractivity contribution is 5.87. The van der Waals surface area contributed by atoms with E-state index in [4.69, 9.17) is 5.11 Å². The standard InChI is InChI=1S/C7H6O3.C4H11N/c8-6-3-1-5(2-4-6)7(9)10;1-3-5-4-2/h1-4,8H,(H,9,10);5H,3-4H2,1-2H3. The minimum Gasteiger partial charge on any atom is -0.872 e. The second-order valence-electron chi connectivity index (χ2n) is 2.93. The third kappa shape index (κ3) is 6.51. The molecule has 1 rings (SSSR count). The van der Waals surface area contributed by atoms with E-state index in [1.54, 1.807) is 0 Å². The maximum absolute atomic E-state index is 10.5. The Kier molecular flexibility index (Phi) is 7.01. The van der Waals surface area contributed by atoms with E-state index in [0.29, 0.717) is 0 Å². The molecule has 0 heterocycles. The maximum atomic E-state index is 10.5. The zero-order chi connectivity index (χ0) is 11.7. The molecular weight excluding hydrogens is 194 g/mol. The number of carbonyl (C=O) groups is 1. The molecule has 4 heteroatoms. The molecule has 0 aliphatic carbocycles. The van der Waals surface area contributed by atoms with Gasteiger partial charge in [0.25, 0.3) is 0 Å². The molecule has 4 nitrogen and oxygen atoms in total. The van der Waals surface area contributed by atoms with Crippen LogP contribution in [0.15, 0.2) is 24.3 Å². The van der Waals surface area contributed by atoms with Crippen molar-refractivity contribution in [1.82, 2.24) is 0 Å². The Morgan fingerprint density at radius 1 is 1.27 bits per heavy atom. The van der Waals surface area contributed by atoms with Gasteiger partial charge in [-0.15, -0.1) is 5.75 Å². The molecule has 0 spiro atoms. The number of carboxylic acid groups (broad SMARTS) is 1. The van der Waals surface area contributed by atoms with Crippen molar-refractivity contribution in [3.05, 3.63) is 29.8 Å². The van der Waals surface area contributed by atoms with Crippen LogP contribution >= 0.6 is 0 Å². The minimum atomic E-state index is -1.01. The highest BCUT2D eigenvalue weighted by atomic mass is 16.4. The van der Waals surface area contributed by atoms with Gasteiger partial charge in [0.2, 0.25) is 0 Å². The lowest BCUT2D eigenvalue weighted by molar-refractivity contribution is -0.648. The van der Waals surface area contributed by atoms with Crippen LogP contribution in [0.3, 0.4) is 0 Å². The molecule has 1 aromatic rings. The monoisotopic (exact) mass is 211 g/mol. The molecule has 3 N–H and O–H groups in total. The summed E-state index contributed by atoms with van der Waals surface area (Å²) in [5.41, 5.74) is 0.139. The summed E-state index contributed by atoms with van der Waals surface area (Å²) in [6, 6.07) is 5.02. The molecule has 0 aliphatic heterocycles. The van der Waals surface area contributed by atoms with Gasteiger partial charge in [-0.3, -0.25) is 0 Å². The van der Waals surface area contributed by atoms with Gasteiger partial charge >= 0.3 is 5.97 Å². The minimum absolute atomic E-state index is 0.139. The summed E-state index contributed by atoms with van der Waals surface area (Å²) in [4.78, 5) is 10.2. The molecule has 0 aliphatic rings. The second kappa shape index (κ2) is 7.82. The fourth-order valence-electron chi connectivity index (χ4n) is 0.886. The quantitative estimate of drug-likeness (QED) is 0.741. The first kappa shape index (κ1) is 13.4. The molecule has 0 saturated heterocycles. The van der Waals surface area contributed by atoms with E-state index in [2.05, 4.69) is 19.2 Å². The fourth-order valence-corrected chi connectivity index (χ4v) is 0.886. The van der Waals surface area contributed by atoms with E-state index in [0.717, 1.165) is 0 Å². The van der Waals surface area contributed by atoms with Crippen molar-refractivity contribution in [2.45, 2.75) is 13.8 Å². The van der Waals surface area contributed by atoms with Gasteiger partial charge in [-0.1, -0.05) is 12.1 Å². The molecule has 84 valence electrons. The topological polar surface area (TPSA) is 77.0 Å². The van der Waals surface area contributed by atoms with Crippen LogP contribution < -0.4 is 10.4 Å². The van der Waals surface area contributed by atoms with Gasteiger partial charge in [0.05, 0.1) is 18.7 Å². The largest absolute Gasteiger partial charge is 0.872 e. The maximum Gasteiger partial charge on any atom is 0.335 e. The highest BCUT2D eigenvalue weighted by Crippen LogP contribution is 2.05. The lowest BCUT2D eigenvalue weighted by Crippen LogP contribution is -2.82. The van der Waals surface area contributed by atoms with E-state index in [1.165, 1.54) is 37.4 Å². The molecule has 0 fully saturated rings. The number of quaternary nitrogens is 1. The summed E-state index contributed by atoms with van der Waals surface area (Å²) in [7, 11) is 0. The average molecular weight is 211 g/mol. The first-order valence-corrected chi connectivity index (χ1v) is 4.93. The van der Waals surface area contributed by atoms with Crippen LogP contribution in [0.4, 0.5) is 0 Å². The molecule has 0 saturated carbocycles. The predicted molar refractivity (Wildman–Crippen MR) is 55.9 cm³/mol. The fraction of sp³-hybridized carbons (Fsp3) is 0.364. The van der Waals surface area contributed by atoms with Crippen LogP contribution in [0, 0.1) is 0 Å². The van der Waals surface area contributed by atoms with Gasteiger partial charge in [0.1, 0.15) is 0 Å². The SMILES string of the molecule is CC[NH2+]CC.O=C(O)c1ccc([O-])cc1. The number of benzene rings is 1. The summed E-state index contributed by atoms with van der Waals surface area (Å²) in [5, 5.41) is 21.1. The predicted octanol–water partition coefficient (Wildman–Crippen LogP) is 0.0480. The molecule has 0 amide bonds. The molecule has 0 radical (unpaired) electrons. The van der Waals surface area contributed by atoms with E-state index < -0.39 is 5.97 Å². The third-order valence-electron chi connectivity index (χ3n) is 1.68. The normalized spacial score (nSPS) is 8.93. The Hall–Kier alpha value is -1.55. The number of carboxylic acids is 1. The van der Waals surface area contributed by atoms with Crippen molar-refractivity contribution in [3.63, 3.8) is 0 Å². The summed E-state index contributed by atoms with van der Waals surface area (Å²) in [6.45, 7) is 6.75. The van der Waals surface area contributed by atoms with Gasteiger partial charge in [-0.25, -0.2) is 4.79 Å². The highest BCUT2D eigenvalue weighted by Gasteiger charge is 1.97. The van der Waals surface area contributed by atoms with E-state index in [1.807, 2.05) is 0 Å². The van der Waals surface area contributed by atoms with E-state index >= 15 is 0 Å². The molecular formula is C11H17NO3. The molecule has 15 heavy (non-hydrogen) atoms. The summed E-state index contributed by atoms with van der Waals surface area (Å²) in [6.07, 6.45) is 0. The summed E-state index contributed by atoms with van der Waals surface area (Å²) < 4.78 is 0. The third-order valence-corrected chi connectivity index (χ3v) is 1.68. The van der Waals surface area contributed by atoms with Crippen LogP contribution in [-0.4, -0.2) is 24.2 Å². The van der Waals surface area contributed by atoms with Crippen molar-refractivity contribution < 1.29 is 20.3 Å². The van der Waals surface area contributed by atoms with Gasteiger partial charge in [0.15, 0.2) is 0 Å². The first-order valence-electron chi connectivity index (χ1n) is 4.93. The summed E-state index contributed by atoms with van der Waals surface area (Å²) >= 11 is 0. The lowest BCUT2D eigenvalue weighted by Gasteiger charge is -2.02. The van der Waals surface area contributed by atoms with Crippen molar-refractivity contribution >= 4 is 5.97 Å². The molecule has 1 aromatic carbocycles. The van der Waals surface area contributed by atoms with E-state index in [-0.39, 0.29) is 11.3 Å². The lowest BCUT2D eigenvalue weighted by atomic mass is 10.2. The van der Waals surface area contributed by atoms with Crippen LogP contribution in [0.25, 0.3) is 0 Å². The van der Waals surface area contributed by atoms with Crippen LogP contribution in [-0.2, 0) is 0 Å². The summed E-state index contributed by atoms with van der Waals surface area (Å²) in [5.74, 6) is -1.19. The van der Waals surface area contributed by atoms with Gasteiger partial charge < -0.3 is 15.5 Å². The van der Waals surface area contributed by atoms with Crippen LogP contribution in [0.2, 0.25) is 0 Å². The van der Waals surface area contributed by atoms with Gasteiger partial charge in [-0.05, 0) is 26.0 Å². The number of rotatable bonds is 3. The Morgan fingerprint density at radius 3 is 2.00 bits per heavy atom. The van der Waals surface area contributed by atoms with Crippen molar-refractivity contribution in [1.29, 1.82) is 0 Å². The number of hydrogen-bond donors (Lipinski definition) is 2. The van der Waals surface area contributed by atoms with Gasteiger partial charge in [0, 0.05) is 0 Å². The van der Waals surface area contributed by atoms with Crippen molar-refractivity contribution in [3.8, 4) is 5.75 Å². The Labute approximate surface area is 89.6 Å². The first-order chi connectivity index (χ1) is 7.11. The van der Waals surface area contributed by atoms with Crippen molar-refractivity contribution in [2.24, 2.45) is 0 Å². The van der Waals surface area contributed by atoms with Crippen molar-refractivity contribution in [2.75, 3.05) is 13.1 Å². The number of nitrogens with two attached hydrogens (primary N) is 1. The number of aromatic carboxylic acids is 1. The molecule has 0 unspecified atom stereocenters. The molecule has 0 bridgehead atoms. The smallest absolute Gasteiger partial charge is 0.335 e. The Morgan fingerprint density at radius 2 is 1.73 bits per heavy atom. The number of hydrogen-bond acceptors (Lipinski definition) is 2. The Balaban J connectivity index is 0.000000336. The van der Waals surface area contributed by atoms with Crippen LogP contribution in [0.5, 0.6) is 5.75 Å². The second-order valence-corrected chi connectivity index (χ2v) is 2.93. The zero-order valence-electron chi connectivity index (χ0n) is 9.06.